The molecule has 2 aromatic heterocycles. The molecule has 0 spiro atoms. The van der Waals surface area contributed by atoms with E-state index in [1.54, 1.807) is 26.0 Å². The van der Waals surface area contributed by atoms with Crippen molar-refractivity contribution in [1.82, 2.24) is 44.3 Å². The van der Waals surface area contributed by atoms with Crippen LogP contribution in [0.2, 0.25) is 0 Å². The number of hydrogen-bond acceptors (Lipinski definition) is 16. The second kappa shape index (κ2) is 32.1. The zero-order chi connectivity index (χ0) is 81.7. The van der Waals surface area contributed by atoms with Gasteiger partial charge in [-0.2, -0.15) is 36.3 Å². The van der Waals surface area contributed by atoms with Gasteiger partial charge in [-0.3, -0.25) is 37.8 Å². The number of anilines is 2. The molecule has 4 aliphatic heterocycles. The fourth-order valence-corrected chi connectivity index (χ4v) is 17.1. The number of allylic oxidation sites excluding steroid dienone is 2. The number of amides is 5. The highest BCUT2D eigenvalue weighted by molar-refractivity contribution is 7.91. The molecule has 8 aliphatic rings. The van der Waals surface area contributed by atoms with Crippen LogP contribution in [0.25, 0.3) is 22.1 Å². The molecule has 0 bridgehead atoms. The lowest BCUT2D eigenvalue weighted by Crippen LogP contribution is -2.58. The second-order valence-corrected chi connectivity index (χ2v) is 36.1. The molecule has 6 fully saturated rings. The van der Waals surface area contributed by atoms with Gasteiger partial charge in [0, 0.05) is 48.1 Å². The number of carbonyl (C=O) groups is 6. The summed E-state index contributed by atoms with van der Waals surface area (Å²) in [6, 6.07) is 14.7. The number of nitrogens with one attached hydrogen (secondary N) is 5. The predicted molar refractivity (Wildman–Crippen MR) is 402 cm³/mol. The molecule has 4 aliphatic carbocycles. The van der Waals surface area contributed by atoms with Crippen molar-refractivity contribution in [3.63, 3.8) is 0 Å². The van der Waals surface area contributed by atoms with E-state index < -0.39 is 159 Å². The molecule has 0 radical (unpaired) electrons. The first kappa shape index (κ1) is 83.1. The number of aliphatic carboxylic acids is 1. The van der Waals surface area contributed by atoms with Crippen molar-refractivity contribution in [2.75, 3.05) is 23.7 Å². The van der Waals surface area contributed by atoms with E-state index in [9.17, 15) is 85.8 Å². The molecule has 2 saturated heterocycles. The largest absolute Gasteiger partial charge is 0.479 e. The number of fused-ring (bicyclic) bond motifs is 6. The molecule has 14 rings (SSSR count). The lowest BCUT2D eigenvalue weighted by Gasteiger charge is -2.30. The Balaban J connectivity index is 0.000000191. The number of para-hydroxylation sites is 4. The summed E-state index contributed by atoms with van der Waals surface area (Å²) in [5, 5.41) is 26.2. The Labute approximate surface area is 648 Å². The third-order valence-corrected chi connectivity index (χ3v) is 26.5. The van der Waals surface area contributed by atoms with Crippen LogP contribution in [-0.2, 0) is 61.2 Å². The lowest BCUT2D eigenvalue weighted by atomic mass is 10.0. The highest BCUT2D eigenvalue weighted by atomic mass is 32.2. The molecule has 8 N–H and O–H groups in total. The number of carboxylic acids is 1. The summed E-state index contributed by atoms with van der Waals surface area (Å²) in [4.78, 5) is 95.5. The molecular formula is C78H94F8N12O13S2. The first-order valence-corrected chi connectivity index (χ1v) is 41.1. The van der Waals surface area contributed by atoms with Gasteiger partial charge in [0.25, 0.3) is 17.9 Å². The summed E-state index contributed by atoms with van der Waals surface area (Å²) in [5.41, 5.74) is -3.00. The van der Waals surface area contributed by atoms with Crippen LogP contribution in [0.4, 0.5) is 46.5 Å². The Morgan fingerprint density at radius 3 is 1.39 bits per heavy atom. The van der Waals surface area contributed by atoms with Gasteiger partial charge in [-0.05, 0) is 179 Å². The van der Waals surface area contributed by atoms with Gasteiger partial charge < -0.3 is 45.6 Å². The molecule has 25 nitrogen and oxygen atoms in total. The number of nitrogens with two attached hydrogens (primary N) is 1. The minimum atomic E-state index is -4.84. The third kappa shape index (κ3) is 18.4. The van der Waals surface area contributed by atoms with Crippen molar-refractivity contribution in [1.29, 1.82) is 0 Å². The van der Waals surface area contributed by atoms with Crippen LogP contribution >= 0.6 is 0 Å². The summed E-state index contributed by atoms with van der Waals surface area (Å²) >= 11 is 0. The molecule has 6 aromatic rings. The number of hydrogen-bond donors (Lipinski definition) is 7. The van der Waals surface area contributed by atoms with Crippen molar-refractivity contribution < 1.29 is 95.3 Å². The maximum Gasteiger partial charge on any atom is 0.416 e. The van der Waals surface area contributed by atoms with Crippen molar-refractivity contribution in [3.05, 3.63) is 132 Å². The maximum absolute atomic E-state index is 14.6. The summed E-state index contributed by atoms with van der Waals surface area (Å²) in [5.74, 6) is -7.83. The van der Waals surface area contributed by atoms with Crippen LogP contribution < -0.4 is 40.6 Å². The molecule has 6 heterocycles. The number of nitrogens with zero attached hydrogens (tertiary/aromatic N) is 6. The van der Waals surface area contributed by atoms with Gasteiger partial charge >= 0.3 is 18.3 Å². The topological polar surface area (TPSA) is 338 Å². The van der Waals surface area contributed by atoms with E-state index in [1.165, 1.54) is 9.80 Å². The molecule has 35 heteroatoms. The van der Waals surface area contributed by atoms with Gasteiger partial charge in [0.05, 0.1) is 55.8 Å². The van der Waals surface area contributed by atoms with E-state index in [0.29, 0.717) is 87.0 Å². The summed E-state index contributed by atoms with van der Waals surface area (Å²) in [6.45, 7) is 10.9. The minimum Gasteiger partial charge on any atom is -0.479 e. The van der Waals surface area contributed by atoms with Crippen molar-refractivity contribution in [2.24, 2.45) is 17.0 Å². The number of alkyl halides is 6. The number of carbonyl (C=O) groups excluding carboxylic acids is 5. The van der Waals surface area contributed by atoms with E-state index in [1.807, 2.05) is 97.5 Å². The number of sulfonamides is 2. The SMILES string of the molecule is CC(C)n1c(O[C@@H]2C[C@H]3C(=O)N[C@]4(C(=O)NS(=O)(=O)C5(C)CC5)C[C@H]4/C=C\CCCCC[C@H](Nc4cc(F)cc(C(F)(F)F)c4)C(=O)N3C2)nc2ccccc21.CC(C)n1c(O[C@@H]2C[C@H]3C(=O)N[C@]4(C(=O)O)C[C@H]4/C=C\CCCCC[C@H](Nc4cc(F)cc(C(F)(F)F)c4)C(=O)N3C2)nc2ccccc21.CC1(S(N)(=O)=O)CC1. The Bertz CT molecular complexity index is 4930. The number of carboxylic acid groups (broad SMARTS) is 1. The average molecular weight is 1620 g/mol. The van der Waals surface area contributed by atoms with E-state index >= 15 is 0 Å². The number of aromatic nitrogens is 4. The monoisotopic (exact) mass is 1620 g/mol. The Kier molecular flexibility index (Phi) is 23.6. The predicted octanol–water partition coefficient (Wildman–Crippen LogP) is 11.9. The number of primary sulfonamides is 1. The zero-order valence-electron chi connectivity index (χ0n) is 63.3. The lowest BCUT2D eigenvalue weighted by molar-refractivity contribution is -0.145. The van der Waals surface area contributed by atoms with Gasteiger partial charge in [0.15, 0.2) is 0 Å². The highest BCUT2D eigenvalue weighted by Gasteiger charge is 2.64. The molecular weight excluding hydrogens is 1530 g/mol. The standard InChI is InChI=1S/C39H46F4N6O6S.C35H39F4N5O5.C4H9NO2S/c1-23(2)49-31-14-10-9-12-29(31)45-36(49)55-28-20-32-33(50)46-38(35(52)47-56(53,54)37(3)15-16-37)21-24(38)11-7-5-4-6-8-13-30(34(51)48(32)22-28)44-27-18-25(39(41,42)43)17-26(40)19-27;1-20(2)44-28-13-9-8-11-26(28)41-33(44)49-25-17-29-30(45)42-34(32(47)48)18-21(34)10-6-4-3-5-7-12-27(31(46)43(29)19-25)40-24-15-22(35(37,38)39)14-23(36)16-24;1-4(2-3-4)8(5,6)7/h7,9-12,14,17-19,23-24,28,30,32,44H,4-6,8,13,15-16,20-22H2,1-3H3,(H,46,50)(H,47,52);6,8-11,13-16,20-21,25,27,29,40H,3-5,7,12,17-19H2,1-2H3,(H,42,45)(H,47,48);2-3H2,1H3,(H2,5,6,7)/b11-7-;10-6-;/t24-,28-,30+,32+,38-;21-,25-,27+,29+,34-;/m11./s1. The van der Waals surface area contributed by atoms with E-state index in [4.69, 9.17) is 14.6 Å². The maximum atomic E-state index is 14.6. The fourth-order valence-electron chi connectivity index (χ4n) is 15.1. The summed E-state index contributed by atoms with van der Waals surface area (Å²) in [7, 11) is -7.28. The third-order valence-electron chi connectivity index (χ3n) is 22.6. The fraction of sp³-hybridized carbons (Fsp3) is 0.538. The molecule has 0 unspecified atom stereocenters. The van der Waals surface area contributed by atoms with Crippen LogP contribution in [0.1, 0.15) is 180 Å². The number of imidazole rings is 2. The van der Waals surface area contributed by atoms with Crippen LogP contribution in [0.5, 0.6) is 12.0 Å². The Morgan fingerprint density at radius 1 is 0.593 bits per heavy atom. The molecule has 4 aromatic carbocycles. The number of benzene rings is 4. The molecule has 612 valence electrons. The first-order chi connectivity index (χ1) is 53.1. The summed E-state index contributed by atoms with van der Waals surface area (Å²) < 4.78 is 175. The van der Waals surface area contributed by atoms with E-state index in [-0.39, 0.29) is 81.1 Å². The van der Waals surface area contributed by atoms with Gasteiger partial charge in [-0.1, -0.05) is 74.3 Å². The van der Waals surface area contributed by atoms with Crippen molar-refractivity contribution in [2.45, 2.75) is 239 Å². The van der Waals surface area contributed by atoms with Gasteiger partial charge in [0.2, 0.25) is 43.7 Å². The first-order valence-electron chi connectivity index (χ1n) is 38.1. The van der Waals surface area contributed by atoms with E-state index in [2.05, 4.69) is 36.0 Å². The molecule has 10 atom stereocenters. The van der Waals surface area contributed by atoms with Crippen LogP contribution in [0, 0.1) is 23.5 Å². The minimum absolute atomic E-state index is 0.0139. The highest BCUT2D eigenvalue weighted by Crippen LogP contribution is 2.49. The van der Waals surface area contributed by atoms with Crippen LogP contribution in [0.15, 0.2) is 109 Å². The molecule has 113 heavy (non-hydrogen) atoms. The van der Waals surface area contributed by atoms with Crippen LogP contribution in [0.3, 0.4) is 0 Å². The summed E-state index contributed by atoms with van der Waals surface area (Å²) in [6.07, 6.45) is 4.09. The normalized spacial score (nSPS) is 27.1. The number of ether oxygens (including phenoxy) is 2. The molecule has 5 amide bonds. The van der Waals surface area contributed by atoms with Gasteiger partial charge in [-0.15, -0.1) is 0 Å². The van der Waals surface area contributed by atoms with E-state index in [0.717, 1.165) is 54.6 Å². The average Bonchev–Trinajstić information content (AvgIpc) is 1.58. The van der Waals surface area contributed by atoms with Crippen molar-refractivity contribution in [3.8, 4) is 12.0 Å². The van der Waals surface area contributed by atoms with Crippen molar-refractivity contribution >= 4 is 89.0 Å². The number of halogens is 8. The Morgan fingerprint density at radius 2 is 1.00 bits per heavy atom. The number of rotatable bonds is 15. The van der Waals surface area contributed by atoms with Crippen LogP contribution in [-0.4, -0.2) is 156 Å². The van der Waals surface area contributed by atoms with Gasteiger partial charge in [0.1, 0.15) is 59.1 Å². The van der Waals surface area contributed by atoms with Gasteiger partial charge in [-0.25, -0.2) is 35.5 Å². The quantitative estimate of drug-likeness (QED) is 0.0371. The molecule has 4 saturated carbocycles. The zero-order valence-corrected chi connectivity index (χ0v) is 64.9. The Hall–Kier alpha value is -9.38. The second-order valence-electron chi connectivity index (χ2n) is 31.9. The smallest absolute Gasteiger partial charge is 0.416 e.